The number of amides is 1. The zero-order chi connectivity index (χ0) is 17.1. The van der Waals surface area contributed by atoms with E-state index in [1.165, 1.54) is 7.11 Å². The lowest BCUT2D eigenvalue weighted by molar-refractivity contribution is -0.166. The standard InChI is InChI=1S/C19H20N2O3/c1-24-19(23)15(12-13-8-4-2-5-9-13)21-17(16(20)18(21)22)14-10-6-3-7-11-14/h2-11,15-17H,12,20H2,1H3. The Labute approximate surface area is 141 Å². The third-order valence-electron chi connectivity index (χ3n) is 4.40. The van der Waals surface area contributed by atoms with E-state index in [9.17, 15) is 9.59 Å². The van der Waals surface area contributed by atoms with Gasteiger partial charge in [-0.15, -0.1) is 0 Å². The Balaban J connectivity index is 1.91. The van der Waals surface area contributed by atoms with Crippen molar-refractivity contribution in [1.82, 2.24) is 4.90 Å². The van der Waals surface area contributed by atoms with Crippen molar-refractivity contribution in [3.63, 3.8) is 0 Å². The summed E-state index contributed by atoms with van der Waals surface area (Å²) in [6.07, 6.45) is 0.398. The number of benzene rings is 2. The number of hydrogen-bond acceptors (Lipinski definition) is 4. The lowest BCUT2D eigenvalue weighted by atomic mass is 9.86. The molecule has 1 heterocycles. The molecule has 3 unspecified atom stereocenters. The molecule has 3 rings (SSSR count). The summed E-state index contributed by atoms with van der Waals surface area (Å²) in [7, 11) is 1.34. The number of carbonyl (C=O) groups excluding carboxylic acids is 2. The van der Waals surface area contributed by atoms with Crippen molar-refractivity contribution in [3.8, 4) is 0 Å². The molecular weight excluding hydrogens is 304 g/mol. The first-order valence-electron chi connectivity index (χ1n) is 7.88. The van der Waals surface area contributed by atoms with Gasteiger partial charge in [0.25, 0.3) is 0 Å². The highest BCUT2D eigenvalue weighted by Crippen LogP contribution is 2.36. The minimum atomic E-state index is -0.685. The molecule has 0 spiro atoms. The van der Waals surface area contributed by atoms with Crippen LogP contribution < -0.4 is 5.73 Å². The molecule has 0 aromatic heterocycles. The van der Waals surface area contributed by atoms with Crippen molar-refractivity contribution in [2.24, 2.45) is 5.73 Å². The van der Waals surface area contributed by atoms with E-state index in [-0.39, 0.29) is 11.9 Å². The average molecular weight is 324 g/mol. The summed E-state index contributed by atoms with van der Waals surface area (Å²) < 4.78 is 4.94. The monoisotopic (exact) mass is 324 g/mol. The van der Waals surface area contributed by atoms with Gasteiger partial charge in [0, 0.05) is 6.42 Å². The molecule has 0 bridgehead atoms. The van der Waals surface area contributed by atoms with Gasteiger partial charge < -0.3 is 15.4 Å². The van der Waals surface area contributed by atoms with E-state index in [0.717, 1.165) is 11.1 Å². The number of esters is 1. The van der Waals surface area contributed by atoms with E-state index in [1.54, 1.807) is 4.90 Å². The van der Waals surface area contributed by atoms with Crippen LogP contribution in [0.4, 0.5) is 0 Å². The second-order valence-corrected chi connectivity index (χ2v) is 5.86. The van der Waals surface area contributed by atoms with E-state index in [1.807, 2.05) is 60.7 Å². The molecule has 1 fully saturated rings. The fourth-order valence-corrected chi connectivity index (χ4v) is 3.17. The second kappa shape index (κ2) is 6.84. The highest BCUT2D eigenvalue weighted by atomic mass is 16.5. The van der Waals surface area contributed by atoms with Crippen LogP contribution in [0.2, 0.25) is 0 Å². The maximum Gasteiger partial charge on any atom is 0.328 e. The lowest BCUT2D eigenvalue weighted by Gasteiger charge is -2.48. The Morgan fingerprint density at radius 1 is 1.12 bits per heavy atom. The van der Waals surface area contributed by atoms with Crippen LogP contribution in [-0.4, -0.2) is 36.0 Å². The van der Waals surface area contributed by atoms with Crippen LogP contribution in [0.5, 0.6) is 0 Å². The predicted molar refractivity (Wildman–Crippen MR) is 90.0 cm³/mol. The maximum atomic E-state index is 12.4. The highest BCUT2D eigenvalue weighted by molar-refractivity contribution is 5.94. The topological polar surface area (TPSA) is 72.6 Å². The second-order valence-electron chi connectivity index (χ2n) is 5.86. The van der Waals surface area contributed by atoms with Gasteiger partial charge >= 0.3 is 5.97 Å². The summed E-state index contributed by atoms with van der Waals surface area (Å²) in [5, 5.41) is 0. The number of hydrogen-bond donors (Lipinski definition) is 1. The average Bonchev–Trinajstić information content (AvgIpc) is 2.64. The highest BCUT2D eigenvalue weighted by Gasteiger charge is 2.51. The number of nitrogens with two attached hydrogens (primary N) is 1. The van der Waals surface area contributed by atoms with Gasteiger partial charge in [-0.25, -0.2) is 4.79 Å². The lowest BCUT2D eigenvalue weighted by Crippen LogP contribution is -2.67. The number of ether oxygens (including phenoxy) is 1. The molecular formula is C19H20N2O3. The fraction of sp³-hybridized carbons (Fsp3) is 0.263. The Bertz CT molecular complexity index is 710. The van der Waals surface area contributed by atoms with Gasteiger partial charge in [0.2, 0.25) is 5.91 Å². The van der Waals surface area contributed by atoms with Crippen molar-refractivity contribution in [1.29, 1.82) is 0 Å². The van der Waals surface area contributed by atoms with Crippen LogP contribution in [0.3, 0.4) is 0 Å². The van der Waals surface area contributed by atoms with Crippen LogP contribution in [0, 0.1) is 0 Å². The molecule has 24 heavy (non-hydrogen) atoms. The van der Waals surface area contributed by atoms with E-state index in [0.29, 0.717) is 6.42 Å². The molecule has 0 saturated carbocycles. The van der Waals surface area contributed by atoms with Gasteiger partial charge in [0.05, 0.1) is 13.2 Å². The molecule has 1 amide bonds. The first-order valence-corrected chi connectivity index (χ1v) is 7.88. The summed E-state index contributed by atoms with van der Waals surface area (Å²) in [5.41, 5.74) is 7.91. The largest absolute Gasteiger partial charge is 0.467 e. The third-order valence-corrected chi connectivity index (χ3v) is 4.40. The summed E-state index contributed by atoms with van der Waals surface area (Å²) in [6, 6.07) is 17.5. The maximum absolute atomic E-state index is 12.4. The molecule has 2 N–H and O–H groups in total. The van der Waals surface area contributed by atoms with Crippen molar-refractivity contribution in [2.75, 3.05) is 7.11 Å². The fourth-order valence-electron chi connectivity index (χ4n) is 3.17. The number of rotatable bonds is 5. The molecule has 5 heteroatoms. The Kier molecular flexibility index (Phi) is 4.62. The van der Waals surface area contributed by atoms with E-state index in [4.69, 9.17) is 10.5 Å². The predicted octanol–water partition coefficient (Wildman–Crippen LogP) is 1.68. The van der Waals surface area contributed by atoms with Crippen molar-refractivity contribution >= 4 is 11.9 Å². The SMILES string of the molecule is COC(=O)C(Cc1ccccc1)N1C(=O)C(N)C1c1ccccc1. The number of likely N-dealkylation sites (tertiary alicyclic amines) is 1. The van der Waals surface area contributed by atoms with Gasteiger partial charge in [-0.1, -0.05) is 60.7 Å². The molecule has 1 aliphatic rings. The van der Waals surface area contributed by atoms with Crippen LogP contribution >= 0.6 is 0 Å². The molecule has 0 radical (unpaired) electrons. The van der Waals surface area contributed by atoms with Gasteiger partial charge in [-0.2, -0.15) is 0 Å². The van der Waals surface area contributed by atoms with Gasteiger partial charge in [0.1, 0.15) is 12.1 Å². The molecule has 124 valence electrons. The Morgan fingerprint density at radius 2 is 1.71 bits per heavy atom. The molecule has 1 aliphatic heterocycles. The minimum absolute atomic E-state index is 0.227. The van der Waals surface area contributed by atoms with Gasteiger partial charge in [0.15, 0.2) is 0 Å². The first kappa shape index (κ1) is 16.2. The molecule has 5 nitrogen and oxygen atoms in total. The van der Waals surface area contributed by atoms with E-state index >= 15 is 0 Å². The number of carbonyl (C=O) groups is 2. The number of methoxy groups -OCH3 is 1. The number of nitrogens with zero attached hydrogens (tertiary/aromatic N) is 1. The van der Waals surface area contributed by atoms with E-state index < -0.39 is 18.1 Å². The van der Waals surface area contributed by atoms with Crippen LogP contribution in [-0.2, 0) is 20.7 Å². The number of β-lactam (4-membered cyclic amide) rings is 1. The zero-order valence-electron chi connectivity index (χ0n) is 13.5. The summed E-state index contributed by atoms with van der Waals surface area (Å²) in [6.45, 7) is 0. The normalized spacial score (nSPS) is 21.1. The first-order chi connectivity index (χ1) is 11.6. The summed E-state index contributed by atoms with van der Waals surface area (Å²) >= 11 is 0. The smallest absolute Gasteiger partial charge is 0.328 e. The van der Waals surface area contributed by atoms with Crippen LogP contribution in [0.1, 0.15) is 17.2 Å². The summed E-state index contributed by atoms with van der Waals surface area (Å²) in [4.78, 5) is 26.3. The van der Waals surface area contributed by atoms with Crippen LogP contribution in [0.25, 0.3) is 0 Å². The molecule has 2 aromatic carbocycles. The molecule has 2 aromatic rings. The Hall–Kier alpha value is -2.66. The quantitative estimate of drug-likeness (QED) is 0.671. The van der Waals surface area contributed by atoms with Crippen LogP contribution in [0.15, 0.2) is 60.7 Å². The van der Waals surface area contributed by atoms with Crippen molar-refractivity contribution < 1.29 is 14.3 Å². The van der Waals surface area contributed by atoms with Gasteiger partial charge in [-0.3, -0.25) is 4.79 Å². The van der Waals surface area contributed by atoms with Crippen molar-refractivity contribution in [2.45, 2.75) is 24.5 Å². The zero-order valence-corrected chi connectivity index (χ0v) is 13.5. The summed E-state index contributed by atoms with van der Waals surface area (Å²) in [5.74, 6) is -0.657. The van der Waals surface area contributed by atoms with E-state index in [2.05, 4.69) is 0 Å². The molecule has 3 atom stereocenters. The third kappa shape index (κ3) is 2.90. The molecule has 1 saturated heterocycles. The Morgan fingerprint density at radius 3 is 2.29 bits per heavy atom. The van der Waals surface area contributed by atoms with Crippen molar-refractivity contribution in [3.05, 3.63) is 71.8 Å². The minimum Gasteiger partial charge on any atom is -0.467 e. The van der Waals surface area contributed by atoms with Gasteiger partial charge in [-0.05, 0) is 11.1 Å². The molecule has 0 aliphatic carbocycles.